The number of benzene rings is 2. The predicted molar refractivity (Wildman–Crippen MR) is 98.8 cm³/mol. The zero-order valence-corrected chi connectivity index (χ0v) is 12.2. The number of carbonyl (C=O) groups is 1. The van der Waals surface area contributed by atoms with Crippen LogP contribution >= 0.6 is 0 Å². The van der Waals surface area contributed by atoms with Crippen LogP contribution in [0, 0.1) is 0 Å². The number of carboxylic acids is 1. The number of carboxylic acid groups (broad SMARTS) is 1. The van der Waals surface area contributed by atoms with Crippen LogP contribution < -0.4 is 4.74 Å². The van der Waals surface area contributed by atoms with Gasteiger partial charge in [-0.1, -0.05) is 36.3 Å². The molecule has 1 heterocycles. The fourth-order valence-corrected chi connectivity index (χ4v) is 1.89. The van der Waals surface area contributed by atoms with Crippen molar-refractivity contribution in [2.75, 3.05) is 20.4 Å². The van der Waals surface area contributed by atoms with E-state index in [1.807, 2.05) is 0 Å². The summed E-state index contributed by atoms with van der Waals surface area (Å²) >= 11 is 0. The van der Waals surface area contributed by atoms with Crippen LogP contribution in [0.1, 0.15) is 58.8 Å². The van der Waals surface area contributed by atoms with Crippen molar-refractivity contribution < 1.29 is 44.8 Å². The van der Waals surface area contributed by atoms with E-state index in [-0.39, 0.29) is 0 Å². The first kappa shape index (κ1) is 4.77. The third-order valence-electron chi connectivity index (χ3n) is 2.81. The highest BCUT2D eigenvalue weighted by Gasteiger charge is 2.19. The molecule has 0 bridgehead atoms. The van der Waals surface area contributed by atoms with Crippen molar-refractivity contribution in [3.8, 4) is 5.75 Å². The molecule has 3 rings (SSSR count). The number of fused-ring (bicyclic) bond motifs is 2. The topological polar surface area (TPSA) is 49.8 Å². The van der Waals surface area contributed by atoms with Gasteiger partial charge in [0, 0.05) is 28.5 Å². The van der Waals surface area contributed by atoms with E-state index in [1.165, 1.54) is 0 Å². The lowest BCUT2D eigenvalue weighted by Crippen LogP contribution is -2.12. The molecule has 2 aromatic rings. The van der Waals surface area contributed by atoms with Gasteiger partial charge in [-0.3, -0.25) is 4.79 Å². The fourth-order valence-electron chi connectivity index (χ4n) is 1.89. The predicted octanol–water partition coefficient (Wildman–Crippen LogP) is 3.59. The number of rotatable bonds is 5. The second-order valence-corrected chi connectivity index (χ2v) is 4.41. The Morgan fingerprint density at radius 1 is 1.44 bits per heavy atom. The highest BCUT2D eigenvalue weighted by molar-refractivity contribution is 5.85. The van der Waals surface area contributed by atoms with Gasteiger partial charge >= 0.3 is 5.97 Å². The Labute approximate surface area is 179 Å². The number of hydrogen-bond donors (Lipinski definition) is 1. The molecule has 0 saturated heterocycles. The fraction of sp³-hybridized carbons (Fsp3) is 0.286. The van der Waals surface area contributed by atoms with Gasteiger partial charge in [0.2, 0.25) is 0 Å². The molecular weight excluding hydrogens is 314 g/mol. The summed E-state index contributed by atoms with van der Waals surface area (Å²) in [5.41, 5.74) is -6.65. The summed E-state index contributed by atoms with van der Waals surface area (Å²) in [5.74, 6) is -3.62. The van der Waals surface area contributed by atoms with Crippen LogP contribution in [0.5, 0.6) is 5.75 Å². The Morgan fingerprint density at radius 3 is 3.08 bits per heavy atom. The van der Waals surface area contributed by atoms with Crippen molar-refractivity contribution in [1.82, 2.24) is 4.90 Å². The van der Waals surface area contributed by atoms with E-state index >= 15 is 0 Å². The van der Waals surface area contributed by atoms with Gasteiger partial charge in [0.05, 0.1) is 20.1 Å². The molecule has 0 spiro atoms. The van der Waals surface area contributed by atoms with E-state index in [9.17, 15) is 9.90 Å². The summed E-state index contributed by atoms with van der Waals surface area (Å²) in [6, 6.07) is -11.0. The normalized spacial score (nSPS) is 32.5. The van der Waals surface area contributed by atoms with E-state index < -0.39 is 133 Å². The minimum atomic E-state index is -4.27. The molecule has 130 valence electrons. The largest absolute Gasteiger partial charge is 0.488 e. The molecule has 1 aliphatic heterocycles. The van der Waals surface area contributed by atoms with Gasteiger partial charge in [-0.15, -0.1) is 0 Å². The van der Waals surface area contributed by atoms with Crippen LogP contribution in [0.3, 0.4) is 0 Å². The van der Waals surface area contributed by atoms with Crippen molar-refractivity contribution in [2.24, 2.45) is 0 Å². The van der Waals surface area contributed by atoms with Crippen LogP contribution in [-0.2, 0) is 17.7 Å². The van der Waals surface area contributed by atoms with Crippen LogP contribution in [-0.4, -0.2) is 36.4 Å². The molecule has 0 saturated carbocycles. The van der Waals surface area contributed by atoms with Crippen molar-refractivity contribution in [3.05, 3.63) is 70.6 Å². The smallest absolute Gasteiger partial charge is 0.307 e. The molecule has 0 amide bonds. The van der Waals surface area contributed by atoms with Gasteiger partial charge in [-0.25, -0.2) is 0 Å². The quantitative estimate of drug-likeness (QED) is 0.886. The molecule has 1 N–H and O–H groups in total. The third kappa shape index (κ3) is 4.09. The number of ether oxygens (including phenoxy) is 1. The van der Waals surface area contributed by atoms with Gasteiger partial charge in [0.1, 0.15) is 12.3 Å². The molecule has 0 unspecified atom stereocenters. The number of aliphatic carboxylic acids is 1. The zero-order valence-electron chi connectivity index (χ0n) is 34.2. The van der Waals surface area contributed by atoms with Gasteiger partial charge in [-0.2, -0.15) is 0 Å². The molecule has 4 heteroatoms. The highest BCUT2D eigenvalue weighted by Crippen LogP contribution is 2.37. The van der Waals surface area contributed by atoms with Crippen molar-refractivity contribution >= 4 is 11.5 Å². The second kappa shape index (κ2) is 7.53. The first-order chi connectivity index (χ1) is 20.8. The Balaban J connectivity index is 2.82. The maximum Gasteiger partial charge on any atom is 0.307 e. The van der Waals surface area contributed by atoms with Gasteiger partial charge in [0.25, 0.3) is 0 Å². The first-order valence-corrected chi connectivity index (χ1v) is 6.51. The van der Waals surface area contributed by atoms with Crippen molar-refractivity contribution in [2.45, 2.75) is 19.3 Å². The lowest BCUT2D eigenvalue weighted by molar-refractivity contribution is -0.136. The third-order valence-corrected chi connectivity index (χ3v) is 2.81. The minimum Gasteiger partial charge on any atom is -0.488 e. The Morgan fingerprint density at radius 2 is 2.28 bits per heavy atom. The molecule has 0 atom stereocenters. The molecule has 0 aromatic heterocycles. The van der Waals surface area contributed by atoms with Gasteiger partial charge < -0.3 is 14.7 Å². The van der Waals surface area contributed by atoms with E-state index in [0.29, 0.717) is 0 Å². The molecule has 0 aliphatic carbocycles. The Bertz CT molecular complexity index is 1690. The minimum absolute atomic E-state index is 0.879. The van der Waals surface area contributed by atoms with Gasteiger partial charge in [-0.05, 0) is 54.7 Å². The summed E-state index contributed by atoms with van der Waals surface area (Å²) in [7, 11) is 0. The molecular formula is C21H23NO3. The second-order valence-electron chi connectivity index (χ2n) is 4.41. The first-order valence-electron chi connectivity index (χ1n) is 17.5. The zero-order chi connectivity index (χ0) is 36.9. The van der Waals surface area contributed by atoms with Crippen LogP contribution in [0.2, 0.25) is 0 Å². The molecule has 4 nitrogen and oxygen atoms in total. The number of nitrogens with zero attached hydrogens (tertiary/aromatic N) is 1. The monoisotopic (exact) mass is 359 g/mol. The summed E-state index contributed by atoms with van der Waals surface area (Å²) < 4.78 is 185. The summed E-state index contributed by atoms with van der Waals surface area (Å²) in [6.07, 6.45) is -7.92. The van der Waals surface area contributed by atoms with E-state index in [4.69, 9.17) is 34.9 Å². The van der Waals surface area contributed by atoms with Crippen LogP contribution in [0.4, 0.5) is 0 Å². The van der Waals surface area contributed by atoms with Crippen LogP contribution in [0.15, 0.2) is 48.3 Å². The highest BCUT2D eigenvalue weighted by atomic mass is 16.5. The van der Waals surface area contributed by atoms with Crippen molar-refractivity contribution in [3.63, 3.8) is 0 Å². The summed E-state index contributed by atoms with van der Waals surface area (Å²) in [5, 5.41) is 9.54. The van der Waals surface area contributed by atoms with Crippen molar-refractivity contribution in [1.29, 1.82) is 0 Å². The lowest BCUT2D eigenvalue weighted by atomic mass is 9.92. The van der Waals surface area contributed by atoms with E-state index in [1.54, 1.807) is 0 Å². The lowest BCUT2D eigenvalue weighted by Gasteiger charge is -2.13. The Kier molecular flexibility index (Phi) is 1.44. The van der Waals surface area contributed by atoms with E-state index in [2.05, 4.69) is 0 Å². The maximum absolute atomic E-state index is 11.9. The SMILES string of the molecule is [2H]/C(=C1/c2c([2H])c(C([2H])([2H])C(=O)O)c([2H])c([2H])c2OC([2H])([2H])c2c([2H])c([2H])c([2H])c([2H])c21)C([2H])([2H])C([2H])([2H])N(C([2H])([2H])[2H])C([2H])([2H])[2H]. The van der Waals surface area contributed by atoms with Crippen LogP contribution in [0.25, 0.3) is 5.57 Å². The average molecular weight is 360 g/mol. The molecule has 0 fully saturated rings. The van der Waals surface area contributed by atoms with Gasteiger partial charge in [0.15, 0.2) is 0 Å². The summed E-state index contributed by atoms with van der Waals surface area (Å²) in [6.45, 7) is -15.6. The molecule has 2 aromatic carbocycles. The van der Waals surface area contributed by atoms with E-state index in [0.717, 1.165) is 0 Å². The standard InChI is InChI=1S/C21H23NO3/c1-22(2)11-5-8-18-17-7-4-3-6-16(17)14-25-20-10-9-15(12-19(18)20)13-21(23)24/h3-4,6-10,12H,5,11,13-14H2,1-2H3,(H,23,24)/b18-8-/i1D3,2D3,3D,4D,5D2,6D,7D,8D,9D,10D,11D2,12D,13D2,14D2. The maximum atomic E-state index is 11.9. The molecule has 1 aliphatic rings. The molecule has 25 heavy (non-hydrogen) atoms. The average Bonchev–Trinajstić information content (AvgIpc) is 2.98. The number of hydrogen-bond acceptors (Lipinski definition) is 3. The molecule has 0 radical (unpaired) electrons. The Hall–Kier alpha value is -2.59. The summed E-state index contributed by atoms with van der Waals surface area (Å²) in [4.78, 5) is 11.0.